The third-order valence-electron chi connectivity index (χ3n) is 4.88. The zero-order valence-electron chi connectivity index (χ0n) is 16.6. The summed E-state index contributed by atoms with van der Waals surface area (Å²) in [7, 11) is 3.83. The smallest absolute Gasteiger partial charge is 0.255 e. The van der Waals surface area contributed by atoms with E-state index >= 15 is 0 Å². The second-order valence-corrected chi connectivity index (χ2v) is 6.97. The molecule has 0 saturated heterocycles. The van der Waals surface area contributed by atoms with E-state index in [-0.39, 0.29) is 5.91 Å². The molecule has 0 atom stereocenters. The molecule has 1 aromatic heterocycles. The molecule has 0 aliphatic carbocycles. The first-order valence-electron chi connectivity index (χ1n) is 9.69. The van der Waals surface area contributed by atoms with Crippen molar-refractivity contribution in [1.29, 1.82) is 0 Å². The van der Waals surface area contributed by atoms with Gasteiger partial charge in [0.2, 0.25) is 0 Å². The summed E-state index contributed by atoms with van der Waals surface area (Å²) in [4.78, 5) is 20.9. The maximum atomic E-state index is 12.6. The fourth-order valence-electron chi connectivity index (χ4n) is 3.14. The number of rotatable bonds is 8. The van der Waals surface area contributed by atoms with Gasteiger partial charge < -0.3 is 9.80 Å². The zero-order valence-corrected chi connectivity index (χ0v) is 16.6. The lowest BCUT2D eigenvalue weighted by molar-refractivity contribution is 0.0792. The van der Waals surface area contributed by atoms with Crippen LogP contribution in [0.3, 0.4) is 0 Å². The van der Waals surface area contributed by atoms with Crippen molar-refractivity contribution in [2.75, 3.05) is 25.5 Å². The number of aryl methyl sites for hydroxylation is 1. The number of carbonyl (C=O) groups is 1. The second kappa shape index (κ2) is 9.70. The van der Waals surface area contributed by atoms with Crippen molar-refractivity contribution >= 4 is 17.4 Å². The Morgan fingerprint density at radius 3 is 2.18 bits per heavy atom. The number of hydrogen-bond donors (Lipinski definition) is 0. The Bertz CT molecular complexity index is 863. The predicted molar refractivity (Wildman–Crippen MR) is 115 cm³/mol. The molecule has 1 heterocycles. The molecule has 1 amide bonds. The van der Waals surface area contributed by atoms with Gasteiger partial charge in [-0.15, -0.1) is 0 Å². The molecule has 0 aliphatic heterocycles. The van der Waals surface area contributed by atoms with Crippen LogP contribution in [0.2, 0.25) is 0 Å². The van der Waals surface area contributed by atoms with Gasteiger partial charge in [0, 0.05) is 32.5 Å². The number of nitrogens with zero attached hydrogens (tertiary/aromatic N) is 3. The average molecular weight is 374 g/mol. The molecule has 144 valence electrons. The number of carbonyl (C=O) groups excluding carboxylic acids is 1. The van der Waals surface area contributed by atoms with Crippen LogP contribution >= 0.6 is 0 Å². The molecule has 3 aromatic rings. The van der Waals surface area contributed by atoms with Crippen molar-refractivity contribution < 1.29 is 4.79 Å². The van der Waals surface area contributed by atoms with E-state index in [0.717, 1.165) is 37.3 Å². The number of benzene rings is 2. The lowest BCUT2D eigenvalue weighted by Gasteiger charge is -2.20. The summed E-state index contributed by atoms with van der Waals surface area (Å²) in [6.45, 7) is 0.747. The van der Waals surface area contributed by atoms with E-state index in [1.54, 1.807) is 11.1 Å². The Hall–Kier alpha value is -3.14. The molecule has 4 heteroatoms. The van der Waals surface area contributed by atoms with Crippen LogP contribution in [0.25, 0.3) is 0 Å². The largest absolute Gasteiger partial charge is 0.342 e. The highest BCUT2D eigenvalue weighted by atomic mass is 16.2. The van der Waals surface area contributed by atoms with Crippen LogP contribution in [0.15, 0.2) is 79.0 Å². The number of anilines is 2. The highest BCUT2D eigenvalue weighted by Gasteiger charge is 2.13. The maximum Gasteiger partial charge on any atom is 0.255 e. The molecule has 0 spiro atoms. The third kappa shape index (κ3) is 5.19. The molecule has 4 nitrogen and oxygen atoms in total. The molecule has 0 N–H and O–H groups in total. The van der Waals surface area contributed by atoms with Crippen LogP contribution in [-0.2, 0) is 6.42 Å². The van der Waals surface area contributed by atoms with Crippen LogP contribution in [0, 0.1) is 0 Å². The highest BCUT2D eigenvalue weighted by Crippen LogP contribution is 2.21. The van der Waals surface area contributed by atoms with Crippen LogP contribution in [0.1, 0.15) is 28.8 Å². The van der Waals surface area contributed by atoms with Gasteiger partial charge in [0.25, 0.3) is 5.91 Å². The number of amides is 1. The molecule has 0 saturated carbocycles. The van der Waals surface area contributed by atoms with E-state index in [2.05, 4.69) is 29.2 Å². The van der Waals surface area contributed by atoms with Crippen molar-refractivity contribution in [2.45, 2.75) is 19.3 Å². The normalized spacial score (nSPS) is 10.5. The summed E-state index contributed by atoms with van der Waals surface area (Å²) >= 11 is 0. The number of unbranched alkanes of at least 4 members (excludes halogenated alkanes) is 1. The van der Waals surface area contributed by atoms with Crippen LogP contribution in [0.4, 0.5) is 11.5 Å². The number of pyridine rings is 1. The molecule has 0 radical (unpaired) electrons. The topological polar surface area (TPSA) is 36.4 Å². The Labute approximate surface area is 167 Å². The summed E-state index contributed by atoms with van der Waals surface area (Å²) in [6, 6.07) is 24.3. The minimum Gasteiger partial charge on any atom is -0.342 e. The summed E-state index contributed by atoms with van der Waals surface area (Å²) in [5, 5.41) is 0. The average Bonchev–Trinajstić information content (AvgIpc) is 2.77. The van der Waals surface area contributed by atoms with Gasteiger partial charge in [0.15, 0.2) is 0 Å². The first kappa shape index (κ1) is 19.6. The van der Waals surface area contributed by atoms with E-state index in [1.165, 1.54) is 5.56 Å². The lowest BCUT2D eigenvalue weighted by atomic mass is 10.1. The molecular weight excluding hydrogens is 346 g/mol. The van der Waals surface area contributed by atoms with Gasteiger partial charge in [-0.05, 0) is 49.1 Å². The van der Waals surface area contributed by atoms with E-state index in [4.69, 9.17) is 0 Å². The number of hydrogen-bond acceptors (Lipinski definition) is 3. The number of para-hydroxylation sites is 1. The van der Waals surface area contributed by atoms with Crippen molar-refractivity contribution in [1.82, 2.24) is 9.88 Å². The molecule has 0 unspecified atom stereocenters. The third-order valence-corrected chi connectivity index (χ3v) is 4.88. The Morgan fingerprint density at radius 2 is 1.54 bits per heavy atom. The van der Waals surface area contributed by atoms with Gasteiger partial charge in [0.05, 0.1) is 5.56 Å². The second-order valence-electron chi connectivity index (χ2n) is 6.97. The molecule has 0 bridgehead atoms. The van der Waals surface area contributed by atoms with Gasteiger partial charge in [-0.2, -0.15) is 0 Å². The SMILES string of the molecule is CN(CCCCc1ccccc1)C(=O)c1ccc(N(C)c2ccccc2)nc1. The monoisotopic (exact) mass is 373 g/mol. The Morgan fingerprint density at radius 1 is 0.857 bits per heavy atom. The van der Waals surface area contributed by atoms with Crippen molar-refractivity contribution in [3.05, 3.63) is 90.1 Å². The number of aromatic nitrogens is 1. The summed E-state index contributed by atoms with van der Waals surface area (Å²) in [5.74, 6) is 0.828. The first-order chi connectivity index (χ1) is 13.6. The van der Waals surface area contributed by atoms with Gasteiger partial charge >= 0.3 is 0 Å². The molecule has 28 heavy (non-hydrogen) atoms. The quantitative estimate of drug-likeness (QED) is 0.525. The minimum absolute atomic E-state index is 0.0149. The van der Waals surface area contributed by atoms with Crippen molar-refractivity contribution in [2.24, 2.45) is 0 Å². The standard InChI is InChI=1S/C24H27N3O/c1-26(18-10-9-13-20-11-5-3-6-12-20)24(28)21-16-17-23(25-19-21)27(2)22-14-7-4-8-15-22/h3-8,11-12,14-17,19H,9-10,13,18H2,1-2H3. The van der Waals surface area contributed by atoms with Gasteiger partial charge in [-0.1, -0.05) is 48.5 Å². The molecule has 2 aromatic carbocycles. The first-order valence-corrected chi connectivity index (χ1v) is 9.69. The maximum absolute atomic E-state index is 12.6. The summed E-state index contributed by atoms with van der Waals surface area (Å²) in [6.07, 6.45) is 4.77. The van der Waals surface area contributed by atoms with Crippen LogP contribution in [-0.4, -0.2) is 36.4 Å². The zero-order chi connectivity index (χ0) is 19.8. The molecule has 0 aliphatic rings. The van der Waals surface area contributed by atoms with Crippen molar-refractivity contribution in [3.8, 4) is 0 Å². The fraction of sp³-hybridized carbons (Fsp3) is 0.250. The van der Waals surface area contributed by atoms with Gasteiger partial charge in [-0.3, -0.25) is 4.79 Å². The summed E-state index contributed by atoms with van der Waals surface area (Å²) < 4.78 is 0. The van der Waals surface area contributed by atoms with E-state index in [1.807, 2.05) is 67.5 Å². The van der Waals surface area contributed by atoms with Crippen LogP contribution < -0.4 is 4.90 Å². The summed E-state index contributed by atoms with van der Waals surface area (Å²) in [5.41, 5.74) is 3.03. The van der Waals surface area contributed by atoms with Crippen molar-refractivity contribution in [3.63, 3.8) is 0 Å². The fourth-order valence-corrected chi connectivity index (χ4v) is 3.14. The van der Waals surface area contributed by atoms with Crippen LogP contribution in [0.5, 0.6) is 0 Å². The molecular formula is C24H27N3O. The van der Waals surface area contributed by atoms with E-state index in [0.29, 0.717) is 5.56 Å². The predicted octanol–water partition coefficient (Wildman–Crippen LogP) is 4.94. The minimum atomic E-state index is 0.0149. The van der Waals surface area contributed by atoms with E-state index in [9.17, 15) is 4.79 Å². The van der Waals surface area contributed by atoms with Gasteiger partial charge in [0.1, 0.15) is 5.82 Å². The Balaban J connectivity index is 1.50. The van der Waals surface area contributed by atoms with E-state index < -0.39 is 0 Å². The highest BCUT2D eigenvalue weighted by molar-refractivity contribution is 5.94. The molecule has 0 fully saturated rings. The Kier molecular flexibility index (Phi) is 6.79. The lowest BCUT2D eigenvalue weighted by Crippen LogP contribution is -2.28. The molecule has 3 rings (SSSR count). The van der Waals surface area contributed by atoms with Gasteiger partial charge in [-0.25, -0.2) is 4.98 Å².